The third kappa shape index (κ3) is 3.94. The van der Waals surface area contributed by atoms with Gasteiger partial charge < -0.3 is 15.8 Å². The fraction of sp³-hybridized carbons (Fsp3) is 0.133. The third-order valence-electron chi connectivity index (χ3n) is 2.72. The van der Waals surface area contributed by atoms with E-state index in [1.807, 2.05) is 24.3 Å². The van der Waals surface area contributed by atoms with E-state index in [2.05, 4.69) is 10.3 Å². The number of amides is 1. The first kappa shape index (κ1) is 14.3. The lowest BCUT2D eigenvalue weighted by Gasteiger charge is -2.09. The lowest BCUT2D eigenvalue weighted by atomic mass is 10.1. The van der Waals surface area contributed by atoms with E-state index < -0.39 is 0 Å². The summed E-state index contributed by atoms with van der Waals surface area (Å²) in [4.78, 5) is 16.2. The van der Waals surface area contributed by atoms with Crippen LogP contribution in [0.4, 0.5) is 5.69 Å². The number of nitrogen functional groups attached to an aromatic ring is 1. The second-order valence-electron chi connectivity index (χ2n) is 4.20. The lowest BCUT2D eigenvalue weighted by Crippen LogP contribution is -2.23. The number of nitrogens with two attached hydrogens (primary N) is 1. The fourth-order valence-electron chi connectivity index (χ4n) is 1.69. The monoisotopic (exact) mass is 282 g/mol. The number of carbonyl (C=O) groups excluding carboxylic acids is 1. The maximum atomic E-state index is 12.1. The Balaban J connectivity index is 2.04. The molecular formula is C15H14N4O2. The van der Waals surface area contributed by atoms with Gasteiger partial charge in [-0.2, -0.15) is 5.26 Å². The van der Waals surface area contributed by atoms with E-state index in [1.54, 1.807) is 18.3 Å². The number of rotatable bonds is 5. The summed E-state index contributed by atoms with van der Waals surface area (Å²) in [5.41, 5.74) is 7.28. The molecule has 1 aromatic heterocycles. The number of aromatic nitrogens is 1. The van der Waals surface area contributed by atoms with Gasteiger partial charge in [0.25, 0.3) is 5.91 Å². The Labute approximate surface area is 122 Å². The van der Waals surface area contributed by atoms with Crippen LogP contribution in [0.3, 0.4) is 0 Å². The number of ether oxygens (including phenoxy) is 1. The van der Waals surface area contributed by atoms with Gasteiger partial charge in [-0.15, -0.1) is 0 Å². The molecule has 0 radical (unpaired) electrons. The van der Waals surface area contributed by atoms with Crippen molar-refractivity contribution in [1.29, 1.82) is 5.26 Å². The Morgan fingerprint density at radius 3 is 2.95 bits per heavy atom. The van der Waals surface area contributed by atoms with Gasteiger partial charge in [0.05, 0.1) is 17.9 Å². The molecule has 0 aliphatic rings. The van der Waals surface area contributed by atoms with Crippen LogP contribution in [0.25, 0.3) is 0 Å². The van der Waals surface area contributed by atoms with Crippen molar-refractivity contribution in [3.05, 3.63) is 53.9 Å². The molecule has 6 heteroatoms. The molecule has 2 rings (SSSR count). The van der Waals surface area contributed by atoms with Crippen molar-refractivity contribution in [1.82, 2.24) is 10.3 Å². The molecular weight excluding hydrogens is 268 g/mol. The zero-order valence-electron chi connectivity index (χ0n) is 11.2. The zero-order valence-corrected chi connectivity index (χ0v) is 11.2. The average Bonchev–Trinajstić information content (AvgIpc) is 2.53. The molecule has 0 atom stereocenters. The van der Waals surface area contributed by atoms with Crippen LogP contribution in [0.1, 0.15) is 16.1 Å². The van der Waals surface area contributed by atoms with Crippen molar-refractivity contribution in [3.8, 4) is 11.8 Å². The normalized spacial score (nSPS) is 9.67. The van der Waals surface area contributed by atoms with Gasteiger partial charge in [0, 0.05) is 11.8 Å². The van der Waals surface area contributed by atoms with Crippen LogP contribution in [0.2, 0.25) is 0 Å². The number of nitrogens with one attached hydrogen (secondary N) is 1. The number of anilines is 1. The first-order valence-electron chi connectivity index (χ1n) is 6.28. The Morgan fingerprint density at radius 1 is 1.38 bits per heavy atom. The second-order valence-corrected chi connectivity index (χ2v) is 4.20. The van der Waals surface area contributed by atoms with Gasteiger partial charge in [-0.1, -0.05) is 6.07 Å². The fourth-order valence-corrected chi connectivity index (χ4v) is 1.69. The Morgan fingerprint density at radius 2 is 2.24 bits per heavy atom. The molecule has 21 heavy (non-hydrogen) atoms. The van der Waals surface area contributed by atoms with Gasteiger partial charge in [0.2, 0.25) is 0 Å². The van der Waals surface area contributed by atoms with E-state index in [1.165, 1.54) is 6.07 Å². The predicted molar refractivity (Wildman–Crippen MR) is 77.4 cm³/mol. The molecule has 0 fully saturated rings. The summed E-state index contributed by atoms with van der Waals surface area (Å²) in [6.45, 7) is 0.210. The molecule has 1 aromatic carbocycles. The van der Waals surface area contributed by atoms with Crippen molar-refractivity contribution in [3.63, 3.8) is 0 Å². The smallest absolute Gasteiger partial charge is 0.251 e. The number of nitrogens with zero attached hydrogens (tertiary/aromatic N) is 2. The minimum Gasteiger partial charge on any atom is -0.477 e. The standard InChI is InChI=1S/C15H14N4O2/c16-6-8-21-14-9-11(4-5-13(14)17)15(20)19-10-12-3-1-2-7-18-12/h1-5,7,9H,8,10,17H2,(H,19,20). The van der Waals surface area contributed by atoms with Crippen molar-refractivity contribution in [2.45, 2.75) is 6.54 Å². The highest BCUT2D eigenvalue weighted by molar-refractivity contribution is 5.95. The van der Waals surface area contributed by atoms with Gasteiger partial charge in [-0.05, 0) is 30.3 Å². The molecule has 0 bridgehead atoms. The van der Waals surface area contributed by atoms with Crippen molar-refractivity contribution < 1.29 is 9.53 Å². The van der Waals surface area contributed by atoms with Gasteiger partial charge in [-0.25, -0.2) is 0 Å². The molecule has 0 aliphatic heterocycles. The molecule has 2 aromatic rings. The van der Waals surface area contributed by atoms with Crippen LogP contribution in [-0.2, 0) is 6.54 Å². The summed E-state index contributed by atoms with van der Waals surface area (Å²) in [6, 6.07) is 12.0. The third-order valence-corrected chi connectivity index (χ3v) is 2.72. The van der Waals surface area contributed by atoms with E-state index in [9.17, 15) is 4.79 Å². The van der Waals surface area contributed by atoms with Crippen LogP contribution >= 0.6 is 0 Å². The van der Waals surface area contributed by atoms with Crippen LogP contribution in [0.5, 0.6) is 5.75 Å². The molecule has 0 saturated heterocycles. The van der Waals surface area contributed by atoms with Gasteiger partial charge in [0.15, 0.2) is 6.61 Å². The minimum absolute atomic E-state index is 0.122. The zero-order chi connectivity index (χ0) is 15.1. The second kappa shape index (κ2) is 6.91. The highest BCUT2D eigenvalue weighted by Gasteiger charge is 2.09. The summed E-state index contributed by atoms with van der Waals surface area (Å²) in [5.74, 6) is 0.0597. The Bertz CT molecular complexity index is 665. The van der Waals surface area contributed by atoms with Gasteiger partial charge in [-0.3, -0.25) is 9.78 Å². The summed E-state index contributed by atoms with van der Waals surface area (Å²) < 4.78 is 5.16. The summed E-state index contributed by atoms with van der Waals surface area (Å²) in [7, 11) is 0. The number of carbonyl (C=O) groups is 1. The molecule has 6 nitrogen and oxygen atoms in total. The Kier molecular flexibility index (Phi) is 4.72. The first-order chi connectivity index (χ1) is 10.2. The maximum absolute atomic E-state index is 12.1. The van der Waals surface area contributed by atoms with Crippen molar-refractivity contribution in [2.24, 2.45) is 0 Å². The summed E-state index contributed by atoms with van der Waals surface area (Å²) in [6.07, 6.45) is 1.67. The number of benzene rings is 1. The maximum Gasteiger partial charge on any atom is 0.251 e. The van der Waals surface area contributed by atoms with Gasteiger partial charge in [0.1, 0.15) is 11.8 Å². The lowest BCUT2D eigenvalue weighted by molar-refractivity contribution is 0.0950. The van der Waals surface area contributed by atoms with Crippen LogP contribution < -0.4 is 15.8 Å². The van der Waals surface area contributed by atoms with Gasteiger partial charge >= 0.3 is 0 Å². The molecule has 106 valence electrons. The van der Waals surface area contributed by atoms with Crippen molar-refractivity contribution in [2.75, 3.05) is 12.3 Å². The van der Waals surface area contributed by atoms with E-state index in [0.717, 1.165) is 5.69 Å². The Hall–Kier alpha value is -3.07. The number of pyridine rings is 1. The number of hydrogen-bond acceptors (Lipinski definition) is 5. The molecule has 0 spiro atoms. The summed E-state index contributed by atoms with van der Waals surface area (Å²) >= 11 is 0. The quantitative estimate of drug-likeness (QED) is 0.809. The van der Waals surface area contributed by atoms with E-state index in [0.29, 0.717) is 23.5 Å². The molecule has 3 N–H and O–H groups in total. The number of hydrogen-bond donors (Lipinski definition) is 2. The summed E-state index contributed by atoms with van der Waals surface area (Å²) in [5, 5.41) is 11.3. The first-order valence-corrected chi connectivity index (χ1v) is 6.28. The van der Waals surface area contributed by atoms with E-state index >= 15 is 0 Å². The van der Waals surface area contributed by atoms with E-state index in [4.69, 9.17) is 15.7 Å². The number of nitriles is 1. The van der Waals surface area contributed by atoms with Crippen LogP contribution in [0, 0.1) is 11.3 Å². The molecule has 0 saturated carbocycles. The minimum atomic E-state index is -0.262. The predicted octanol–water partition coefficient (Wildman–Crippen LogP) is 1.50. The molecule has 1 heterocycles. The largest absolute Gasteiger partial charge is 0.477 e. The average molecular weight is 282 g/mol. The highest BCUT2D eigenvalue weighted by Crippen LogP contribution is 2.22. The molecule has 0 aliphatic carbocycles. The molecule has 1 amide bonds. The van der Waals surface area contributed by atoms with Crippen LogP contribution in [-0.4, -0.2) is 17.5 Å². The molecule has 0 unspecified atom stereocenters. The van der Waals surface area contributed by atoms with E-state index in [-0.39, 0.29) is 12.5 Å². The van der Waals surface area contributed by atoms with Crippen LogP contribution in [0.15, 0.2) is 42.6 Å². The highest BCUT2D eigenvalue weighted by atomic mass is 16.5. The van der Waals surface area contributed by atoms with Crippen molar-refractivity contribution >= 4 is 11.6 Å². The SMILES string of the molecule is N#CCOc1cc(C(=O)NCc2ccccn2)ccc1N. The topological polar surface area (TPSA) is 101 Å².